The minimum absolute atomic E-state index is 0.0751. The molecule has 1 aliphatic rings. The Morgan fingerprint density at radius 3 is 2.92 bits per heavy atom. The van der Waals surface area contributed by atoms with Gasteiger partial charge in [0, 0.05) is 0 Å². The van der Waals surface area contributed by atoms with Gasteiger partial charge in [0.25, 0.3) is 0 Å². The quantitative estimate of drug-likeness (QED) is 0.354. The van der Waals surface area contributed by atoms with Crippen LogP contribution in [0.15, 0.2) is 5.28 Å². The van der Waals surface area contributed by atoms with Gasteiger partial charge < -0.3 is 15.5 Å². The Labute approximate surface area is 70.2 Å². The summed E-state index contributed by atoms with van der Waals surface area (Å²) in [5.74, 6) is 0. The summed E-state index contributed by atoms with van der Waals surface area (Å²) in [5.41, 5.74) is 0. The molecule has 0 aromatic rings. The average molecular weight is 175 g/mol. The van der Waals surface area contributed by atoms with Crippen molar-refractivity contribution < 1.29 is 15.3 Å². The van der Waals surface area contributed by atoms with E-state index in [1.165, 1.54) is 5.01 Å². The summed E-state index contributed by atoms with van der Waals surface area (Å²) in [7, 11) is 0. The number of rotatable bonds is 2. The Balaban J connectivity index is 2.58. The van der Waals surface area contributed by atoms with Crippen LogP contribution in [0.4, 0.5) is 0 Å². The number of hydrogen-bond acceptors (Lipinski definition) is 3. The van der Waals surface area contributed by atoms with Gasteiger partial charge in [-0.1, -0.05) is 0 Å². The molecule has 6 nitrogen and oxygen atoms in total. The van der Waals surface area contributed by atoms with E-state index in [2.05, 4.69) is 5.28 Å². The van der Waals surface area contributed by atoms with Crippen LogP contribution in [0.5, 0.6) is 0 Å². The molecule has 70 valence electrons. The molecule has 0 aromatic carbocycles. The highest BCUT2D eigenvalue weighted by molar-refractivity contribution is 4.69. The fourth-order valence-electron chi connectivity index (χ4n) is 1.45. The Kier molecular flexibility index (Phi) is 3.09. The van der Waals surface area contributed by atoms with Gasteiger partial charge in [-0.2, -0.15) is 0 Å². The molecule has 0 aromatic heterocycles. The van der Waals surface area contributed by atoms with Crippen molar-refractivity contribution in [2.75, 3.05) is 13.2 Å². The lowest BCUT2D eigenvalue weighted by molar-refractivity contribution is -0.719. The van der Waals surface area contributed by atoms with Gasteiger partial charge in [0.1, 0.15) is 6.04 Å². The van der Waals surface area contributed by atoms with E-state index in [0.717, 1.165) is 19.3 Å². The number of piperidine rings is 1. The summed E-state index contributed by atoms with van der Waals surface area (Å²) in [5, 5.41) is 31.8. The molecule has 1 unspecified atom stereocenters. The molecule has 1 heterocycles. The Morgan fingerprint density at radius 1 is 1.58 bits per heavy atom. The first-order chi connectivity index (χ1) is 5.79. The highest BCUT2D eigenvalue weighted by atomic mass is 16.6. The SMILES string of the molecule is [O-]/[N+](=N\O)N1CCCCC1CO. The van der Waals surface area contributed by atoms with Crippen molar-refractivity contribution in [3.05, 3.63) is 5.21 Å². The maximum atomic E-state index is 10.9. The molecule has 6 heteroatoms. The number of hydrazine groups is 1. The summed E-state index contributed by atoms with van der Waals surface area (Å²) < 4.78 is 0. The monoisotopic (exact) mass is 175 g/mol. The van der Waals surface area contributed by atoms with Crippen molar-refractivity contribution in [1.29, 1.82) is 0 Å². The fourth-order valence-corrected chi connectivity index (χ4v) is 1.45. The second kappa shape index (κ2) is 4.10. The maximum absolute atomic E-state index is 10.9. The lowest BCUT2D eigenvalue weighted by atomic mass is 10.1. The lowest BCUT2D eigenvalue weighted by Gasteiger charge is -2.29. The molecule has 0 aliphatic carbocycles. The van der Waals surface area contributed by atoms with E-state index in [-0.39, 0.29) is 17.6 Å². The smallest absolute Gasteiger partial charge is 0.230 e. The third kappa shape index (κ3) is 1.76. The highest BCUT2D eigenvalue weighted by Crippen LogP contribution is 2.16. The summed E-state index contributed by atoms with van der Waals surface area (Å²) >= 11 is 0. The number of hydrogen-bond donors (Lipinski definition) is 2. The van der Waals surface area contributed by atoms with Crippen molar-refractivity contribution in [3.63, 3.8) is 0 Å². The van der Waals surface area contributed by atoms with Crippen molar-refractivity contribution in [1.82, 2.24) is 5.01 Å². The van der Waals surface area contributed by atoms with E-state index in [9.17, 15) is 5.21 Å². The van der Waals surface area contributed by atoms with Crippen LogP contribution >= 0.6 is 0 Å². The topological polar surface area (TPSA) is 82.1 Å². The van der Waals surface area contributed by atoms with Gasteiger partial charge in [-0.25, -0.2) is 0 Å². The first-order valence-corrected chi connectivity index (χ1v) is 3.99. The average Bonchev–Trinajstić information content (AvgIpc) is 2.16. The van der Waals surface area contributed by atoms with Gasteiger partial charge in [0.05, 0.1) is 18.1 Å². The third-order valence-electron chi connectivity index (χ3n) is 2.10. The van der Waals surface area contributed by atoms with Gasteiger partial charge >= 0.3 is 0 Å². The van der Waals surface area contributed by atoms with Crippen LogP contribution in [0.25, 0.3) is 0 Å². The van der Waals surface area contributed by atoms with E-state index in [1.54, 1.807) is 0 Å². The predicted molar refractivity (Wildman–Crippen MR) is 39.3 cm³/mol. The molecule has 0 spiro atoms. The molecule has 0 radical (unpaired) electrons. The zero-order valence-corrected chi connectivity index (χ0v) is 6.76. The van der Waals surface area contributed by atoms with Gasteiger partial charge in [0.15, 0.2) is 0 Å². The van der Waals surface area contributed by atoms with E-state index in [4.69, 9.17) is 10.3 Å². The number of aliphatic hydroxyl groups excluding tert-OH is 1. The molecule has 0 bridgehead atoms. The Hall–Kier alpha value is -1.04. The third-order valence-corrected chi connectivity index (χ3v) is 2.10. The van der Waals surface area contributed by atoms with Crippen LogP contribution in [0.1, 0.15) is 19.3 Å². The highest BCUT2D eigenvalue weighted by Gasteiger charge is 2.27. The molecular formula is C6H13N3O3. The standard InChI is InChI=1S/C6H13N3O3/c10-5-6-3-1-2-4-8(6)9(12)7-11/h6,10-11H,1-5H2/b9-7-. The Bertz CT molecular complexity index is 173. The van der Waals surface area contributed by atoms with Crippen LogP contribution in [0.3, 0.4) is 0 Å². The first kappa shape index (κ1) is 9.05. The number of nitrogens with zero attached hydrogens (tertiary/aromatic N) is 3. The van der Waals surface area contributed by atoms with Crippen LogP contribution < -0.4 is 0 Å². The van der Waals surface area contributed by atoms with Crippen molar-refractivity contribution in [2.24, 2.45) is 5.28 Å². The second-order valence-corrected chi connectivity index (χ2v) is 2.84. The van der Waals surface area contributed by atoms with E-state index < -0.39 is 0 Å². The van der Waals surface area contributed by atoms with Crippen LogP contribution in [0.2, 0.25) is 0 Å². The van der Waals surface area contributed by atoms with Crippen molar-refractivity contribution in [3.8, 4) is 0 Å². The van der Waals surface area contributed by atoms with Gasteiger partial charge in [-0.3, -0.25) is 0 Å². The Morgan fingerprint density at radius 2 is 2.33 bits per heavy atom. The molecule has 0 amide bonds. The minimum atomic E-state index is -0.202. The van der Waals surface area contributed by atoms with Crippen LogP contribution in [-0.2, 0) is 0 Å². The first-order valence-electron chi connectivity index (χ1n) is 3.99. The molecule has 1 fully saturated rings. The van der Waals surface area contributed by atoms with Gasteiger partial charge in [-0.05, 0) is 19.3 Å². The maximum Gasteiger partial charge on any atom is 0.230 e. The summed E-state index contributed by atoms with van der Waals surface area (Å²) in [6, 6.07) is -0.202. The second-order valence-electron chi connectivity index (χ2n) is 2.84. The zero-order valence-electron chi connectivity index (χ0n) is 6.76. The van der Waals surface area contributed by atoms with Crippen molar-refractivity contribution >= 4 is 0 Å². The summed E-state index contributed by atoms with van der Waals surface area (Å²) in [6.07, 6.45) is 2.66. The lowest BCUT2D eigenvalue weighted by Crippen LogP contribution is -2.45. The van der Waals surface area contributed by atoms with Gasteiger partial charge in [-0.15, -0.1) is 5.01 Å². The molecule has 1 aliphatic heterocycles. The van der Waals surface area contributed by atoms with E-state index in [1.807, 2.05) is 0 Å². The molecular weight excluding hydrogens is 162 g/mol. The molecule has 0 saturated carbocycles. The summed E-state index contributed by atoms with van der Waals surface area (Å²) in [6.45, 7) is 0.465. The van der Waals surface area contributed by atoms with E-state index in [0.29, 0.717) is 6.54 Å². The van der Waals surface area contributed by atoms with Crippen LogP contribution in [-0.4, -0.2) is 39.5 Å². The van der Waals surface area contributed by atoms with E-state index >= 15 is 0 Å². The number of aliphatic hydroxyl groups is 1. The molecule has 2 N–H and O–H groups in total. The van der Waals surface area contributed by atoms with Crippen molar-refractivity contribution in [2.45, 2.75) is 25.3 Å². The molecule has 1 rings (SSSR count). The minimum Gasteiger partial charge on any atom is -0.569 e. The molecule has 1 saturated heterocycles. The molecule has 12 heavy (non-hydrogen) atoms. The van der Waals surface area contributed by atoms with Gasteiger partial charge in [0.2, 0.25) is 5.28 Å². The largest absolute Gasteiger partial charge is 0.569 e. The fraction of sp³-hybridized carbons (Fsp3) is 1.00. The predicted octanol–water partition coefficient (Wildman–Crippen LogP) is 0.0999. The van der Waals surface area contributed by atoms with Crippen LogP contribution in [0, 0.1) is 5.21 Å². The summed E-state index contributed by atoms with van der Waals surface area (Å²) in [4.78, 5) is 0.139. The zero-order chi connectivity index (χ0) is 8.97. The normalized spacial score (nSPS) is 25.9. The molecule has 1 atom stereocenters.